The van der Waals surface area contributed by atoms with Crippen LogP contribution >= 0.6 is 15.9 Å². The van der Waals surface area contributed by atoms with Crippen LogP contribution in [0.2, 0.25) is 0 Å². The van der Waals surface area contributed by atoms with Crippen molar-refractivity contribution in [2.45, 2.75) is 32.4 Å². The summed E-state index contributed by atoms with van der Waals surface area (Å²) < 4.78 is 6.45. The molecular formula is C15H23BrN2O. The zero-order chi connectivity index (χ0) is 13.8. The summed E-state index contributed by atoms with van der Waals surface area (Å²) in [5.41, 5.74) is 7.45. The van der Waals surface area contributed by atoms with Gasteiger partial charge >= 0.3 is 0 Å². The smallest absolute Gasteiger partial charge is 0.119 e. The monoisotopic (exact) mass is 326 g/mol. The zero-order valence-corrected chi connectivity index (χ0v) is 13.3. The molecule has 2 rings (SSSR count). The number of hydrogen-bond donors (Lipinski definition) is 1. The van der Waals surface area contributed by atoms with Crippen molar-refractivity contribution < 1.29 is 4.74 Å². The number of nitrogens with zero attached hydrogens (tertiary/aromatic N) is 1. The van der Waals surface area contributed by atoms with Crippen LogP contribution in [0.5, 0.6) is 5.75 Å². The van der Waals surface area contributed by atoms with E-state index in [0.29, 0.717) is 12.0 Å². The van der Waals surface area contributed by atoms with Gasteiger partial charge in [-0.15, -0.1) is 0 Å². The molecule has 1 heterocycles. The van der Waals surface area contributed by atoms with E-state index in [4.69, 9.17) is 10.5 Å². The van der Waals surface area contributed by atoms with Gasteiger partial charge in [-0.25, -0.2) is 0 Å². The molecule has 1 aromatic rings. The van der Waals surface area contributed by atoms with Gasteiger partial charge in [-0.3, -0.25) is 4.90 Å². The minimum absolute atomic E-state index is 0.370. The average molecular weight is 327 g/mol. The first-order valence-electron chi connectivity index (χ1n) is 6.94. The molecule has 1 aliphatic rings. The van der Waals surface area contributed by atoms with Crippen molar-refractivity contribution in [2.75, 3.05) is 20.2 Å². The molecule has 2 N–H and O–H groups in total. The van der Waals surface area contributed by atoms with Crippen molar-refractivity contribution >= 4 is 15.9 Å². The minimum atomic E-state index is 0.370. The molecule has 1 aliphatic heterocycles. The standard InChI is InChI=1S/C15H23BrN2O/c1-3-11-9-18(7-6-15(11)17)10-12-8-13(19-2)4-5-14(12)16/h4-5,8,11,15H,3,6-7,9-10,17H2,1-2H3. The highest BCUT2D eigenvalue weighted by atomic mass is 79.9. The molecule has 1 saturated heterocycles. The summed E-state index contributed by atoms with van der Waals surface area (Å²) in [6.45, 7) is 5.37. The molecule has 0 aliphatic carbocycles. The molecule has 1 aromatic carbocycles. The number of hydrogen-bond acceptors (Lipinski definition) is 3. The quantitative estimate of drug-likeness (QED) is 0.924. The molecule has 0 saturated carbocycles. The lowest BCUT2D eigenvalue weighted by atomic mass is 9.90. The van der Waals surface area contributed by atoms with Crippen LogP contribution in [-0.2, 0) is 6.54 Å². The maximum absolute atomic E-state index is 6.16. The number of halogens is 1. The predicted molar refractivity (Wildman–Crippen MR) is 82.3 cm³/mol. The van der Waals surface area contributed by atoms with E-state index in [-0.39, 0.29) is 0 Å². The molecule has 0 bridgehead atoms. The summed E-state index contributed by atoms with van der Waals surface area (Å²) in [5.74, 6) is 1.54. The summed E-state index contributed by atoms with van der Waals surface area (Å²) in [6.07, 6.45) is 2.26. The van der Waals surface area contributed by atoms with Crippen LogP contribution in [0.3, 0.4) is 0 Å². The Labute approximate surface area is 124 Å². The number of ether oxygens (including phenoxy) is 1. The fraction of sp³-hybridized carbons (Fsp3) is 0.600. The summed E-state index contributed by atoms with van der Waals surface area (Å²) in [7, 11) is 1.71. The van der Waals surface area contributed by atoms with Crippen LogP contribution in [0.4, 0.5) is 0 Å². The summed E-state index contributed by atoms with van der Waals surface area (Å²) in [6, 6.07) is 6.52. The molecule has 2 atom stereocenters. The van der Waals surface area contributed by atoms with Gasteiger partial charge in [0.05, 0.1) is 7.11 Å². The Morgan fingerprint density at radius 1 is 1.47 bits per heavy atom. The number of methoxy groups -OCH3 is 1. The van der Waals surface area contributed by atoms with Gasteiger partial charge in [0.15, 0.2) is 0 Å². The third-order valence-electron chi connectivity index (χ3n) is 4.05. The maximum atomic E-state index is 6.16. The van der Waals surface area contributed by atoms with Gasteiger partial charge in [-0.05, 0) is 42.6 Å². The second-order valence-electron chi connectivity index (χ2n) is 5.31. The summed E-state index contributed by atoms with van der Waals surface area (Å²) in [4.78, 5) is 2.50. The number of likely N-dealkylation sites (tertiary alicyclic amines) is 1. The molecule has 0 radical (unpaired) electrons. The first kappa shape index (κ1) is 14.8. The van der Waals surface area contributed by atoms with Crippen molar-refractivity contribution in [3.63, 3.8) is 0 Å². The lowest BCUT2D eigenvalue weighted by Crippen LogP contribution is -2.46. The largest absolute Gasteiger partial charge is 0.497 e. The number of piperidine rings is 1. The molecule has 0 amide bonds. The topological polar surface area (TPSA) is 38.5 Å². The third-order valence-corrected chi connectivity index (χ3v) is 4.82. The van der Waals surface area contributed by atoms with Gasteiger partial charge in [0.1, 0.15) is 5.75 Å². The molecule has 2 unspecified atom stereocenters. The van der Waals surface area contributed by atoms with Crippen LogP contribution in [0, 0.1) is 5.92 Å². The molecule has 0 aromatic heterocycles. The van der Waals surface area contributed by atoms with Gasteiger partial charge < -0.3 is 10.5 Å². The van der Waals surface area contributed by atoms with E-state index in [9.17, 15) is 0 Å². The average Bonchev–Trinajstić information content (AvgIpc) is 2.43. The van der Waals surface area contributed by atoms with Gasteiger partial charge in [-0.1, -0.05) is 29.3 Å². The highest BCUT2D eigenvalue weighted by Gasteiger charge is 2.25. The Balaban J connectivity index is 2.04. The highest BCUT2D eigenvalue weighted by Crippen LogP contribution is 2.26. The number of nitrogens with two attached hydrogens (primary N) is 1. The lowest BCUT2D eigenvalue weighted by molar-refractivity contribution is 0.145. The predicted octanol–water partition coefficient (Wildman–Crippen LogP) is 3.02. The van der Waals surface area contributed by atoms with Gasteiger partial charge in [0.2, 0.25) is 0 Å². The van der Waals surface area contributed by atoms with Gasteiger partial charge in [0, 0.05) is 23.6 Å². The normalized spacial score (nSPS) is 24.4. The van der Waals surface area contributed by atoms with Crippen molar-refractivity contribution in [2.24, 2.45) is 11.7 Å². The molecule has 4 heteroatoms. The summed E-state index contributed by atoms with van der Waals surface area (Å²) >= 11 is 3.62. The Bertz CT molecular complexity index is 425. The van der Waals surface area contributed by atoms with Gasteiger partial charge in [-0.2, -0.15) is 0 Å². The van der Waals surface area contributed by atoms with E-state index in [2.05, 4.69) is 39.9 Å². The van der Waals surface area contributed by atoms with E-state index >= 15 is 0 Å². The zero-order valence-electron chi connectivity index (χ0n) is 11.7. The van der Waals surface area contributed by atoms with E-state index in [1.807, 2.05) is 6.07 Å². The Hall–Kier alpha value is -0.580. The third kappa shape index (κ3) is 3.71. The Morgan fingerprint density at radius 3 is 2.95 bits per heavy atom. The van der Waals surface area contributed by atoms with Gasteiger partial charge in [0.25, 0.3) is 0 Å². The van der Waals surface area contributed by atoms with Crippen molar-refractivity contribution in [3.8, 4) is 5.75 Å². The second kappa shape index (κ2) is 6.73. The van der Waals surface area contributed by atoms with Crippen LogP contribution < -0.4 is 10.5 Å². The van der Waals surface area contributed by atoms with E-state index in [0.717, 1.165) is 42.7 Å². The minimum Gasteiger partial charge on any atom is -0.497 e. The van der Waals surface area contributed by atoms with Crippen molar-refractivity contribution in [3.05, 3.63) is 28.2 Å². The summed E-state index contributed by atoms with van der Waals surface area (Å²) in [5, 5.41) is 0. The molecule has 1 fully saturated rings. The molecular weight excluding hydrogens is 304 g/mol. The molecule has 19 heavy (non-hydrogen) atoms. The molecule has 106 valence electrons. The fourth-order valence-electron chi connectivity index (χ4n) is 2.74. The van der Waals surface area contributed by atoms with Crippen LogP contribution in [0.25, 0.3) is 0 Å². The van der Waals surface area contributed by atoms with E-state index < -0.39 is 0 Å². The van der Waals surface area contributed by atoms with E-state index in [1.54, 1.807) is 7.11 Å². The first-order chi connectivity index (χ1) is 9.13. The first-order valence-corrected chi connectivity index (χ1v) is 7.73. The lowest BCUT2D eigenvalue weighted by Gasteiger charge is -2.36. The Kier molecular flexibility index (Phi) is 5.25. The molecule has 3 nitrogen and oxygen atoms in total. The fourth-order valence-corrected chi connectivity index (χ4v) is 3.11. The maximum Gasteiger partial charge on any atom is 0.119 e. The highest BCUT2D eigenvalue weighted by molar-refractivity contribution is 9.10. The van der Waals surface area contributed by atoms with Crippen molar-refractivity contribution in [1.29, 1.82) is 0 Å². The van der Waals surface area contributed by atoms with Crippen molar-refractivity contribution in [1.82, 2.24) is 4.90 Å². The Morgan fingerprint density at radius 2 is 2.26 bits per heavy atom. The van der Waals surface area contributed by atoms with Crippen LogP contribution in [0.15, 0.2) is 22.7 Å². The SMILES string of the molecule is CCC1CN(Cc2cc(OC)ccc2Br)CCC1N. The second-order valence-corrected chi connectivity index (χ2v) is 6.17. The van der Waals surface area contributed by atoms with Crippen LogP contribution in [0.1, 0.15) is 25.3 Å². The van der Waals surface area contributed by atoms with E-state index in [1.165, 1.54) is 5.56 Å². The number of rotatable bonds is 4. The van der Waals surface area contributed by atoms with Crippen LogP contribution in [-0.4, -0.2) is 31.1 Å². The number of benzene rings is 1. The molecule has 0 spiro atoms.